The molecule has 1 amide bonds. The highest BCUT2D eigenvalue weighted by Crippen LogP contribution is 2.12. The van der Waals surface area contributed by atoms with Crippen molar-refractivity contribution in [3.63, 3.8) is 0 Å². The van der Waals surface area contributed by atoms with Gasteiger partial charge in [0.2, 0.25) is 0 Å². The zero-order chi connectivity index (χ0) is 18.4. The highest BCUT2D eigenvalue weighted by atomic mass is 16.5. The molecule has 1 aromatic carbocycles. The number of hydrogen-bond donors (Lipinski definition) is 1. The molecule has 1 aliphatic rings. The number of carbonyl (C=O) groups excluding carboxylic acids is 1. The first kappa shape index (κ1) is 18.6. The van der Waals surface area contributed by atoms with Crippen LogP contribution in [0.15, 0.2) is 40.9 Å². The van der Waals surface area contributed by atoms with Gasteiger partial charge in [0.25, 0.3) is 5.91 Å². The van der Waals surface area contributed by atoms with E-state index in [0.29, 0.717) is 30.6 Å². The van der Waals surface area contributed by atoms with Crippen LogP contribution in [0.25, 0.3) is 0 Å². The van der Waals surface area contributed by atoms with Gasteiger partial charge in [-0.25, -0.2) is 0 Å². The highest BCUT2D eigenvalue weighted by Gasteiger charge is 2.20. The summed E-state index contributed by atoms with van der Waals surface area (Å²) in [7, 11) is 2.02. The van der Waals surface area contributed by atoms with Gasteiger partial charge in [-0.3, -0.25) is 14.6 Å². The summed E-state index contributed by atoms with van der Waals surface area (Å²) >= 11 is 0. The average molecular weight is 356 g/mol. The Labute approximate surface area is 155 Å². The van der Waals surface area contributed by atoms with Crippen LogP contribution in [-0.4, -0.2) is 53.6 Å². The third kappa shape index (κ3) is 5.16. The van der Waals surface area contributed by atoms with E-state index in [1.807, 2.05) is 25.2 Å². The van der Waals surface area contributed by atoms with Crippen LogP contribution in [0.1, 0.15) is 41.6 Å². The molecule has 0 spiro atoms. The van der Waals surface area contributed by atoms with Crippen LogP contribution in [0.4, 0.5) is 0 Å². The van der Waals surface area contributed by atoms with Gasteiger partial charge >= 0.3 is 0 Å². The Morgan fingerprint density at radius 1 is 1.27 bits per heavy atom. The van der Waals surface area contributed by atoms with E-state index in [2.05, 4.69) is 39.3 Å². The molecule has 140 valence electrons. The molecule has 6 nitrogen and oxygen atoms in total. The van der Waals surface area contributed by atoms with Crippen LogP contribution in [0.3, 0.4) is 0 Å². The second-order valence-corrected chi connectivity index (χ2v) is 7.14. The molecule has 1 saturated heterocycles. The van der Waals surface area contributed by atoms with Crippen molar-refractivity contribution in [2.75, 3.05) is 26.7 Å². The number of hydrogen-bond acceptors (Lipinski definition) is 5. The molecule has 1 aliphatic heterocycles. The van der Waals surface area contributed by atoms with Crippen molar-refractivity contribution >= 4 is 5.91 Å². The van der Waals surface area contributed by atoms with E-state index in [-0.39, 0.29) is 5.91 Å². The van der Waals surface area contributed by atoms with E-state index in [4.69, 9.17) is 4.52 Å². The predicted octanol–water partition coefficient (Wildman–Crippen LogP) is 2.52. The van der Waals surface area contributed by atoms with Crippen LogP contribution in [0.5, 0.6) is 0 Å². The molecule has 2 heterocycles. The topological polar surface area (TPSA) is 61.6 Å². The third-order valence-electron chi connectivity index (χ3n) is 4.83. The first-order valence-corrected chi connectivity index (χ1v) is 9.32. The lowest BCUT2D eigenvalue weighted by Crippen LogP contribution is -2.40. The summed E-state index contributed by atoms with van der Waals surface area (Å²) in [5, 5.41) is 6.89. The lowest BCUT2D eigenvalue weighted by atomic mass is 10.2. The normalized spacial score (nSPS) is 16.1. The molecule has 1 atom stereocenters. The number of benzene rings is 1. The molecule has 0 bridgehead atoms. The third-order valence-corrected chi connectivity index (χ3v) is 4.83. The first-order valence-electron chi connectivity index (χ1n) is 9.32. The molecule has 1 fully saturated rings. The van der Waals surface area contributed by atoms with Crippen LogP contribution in [0.2, 0.25) is 0 Å². The largest absolute Gasteiger partial charge is 0.359 e. The number of rotatable bonds is 8. The van der Waals surface area contributed by atoms with E-state index in [1.54, 1.807) is 6.07 Å². The van der Waals surface area contributed by atoms with E-state index < -0.39 is 0 Å². The Hall–Kier alpha value is -2.18. The summed E-state index contributed by atoms with van der Waals surface area (Å²) in [5.41, 5.74) is 1.59. The Morgan fingerprint density at radius 3 is 2.73 bits per heavy atom. The Kier molecular flexibility index (Phi) is 6.41. The summed E-state index contributed by atoms with van der Waals surface area (Å²) in [5.74, 6) is 0.526. The summed E-state index contributed by atoms with van der Waals surface area (Å²) in [6, 6.07) is 12.3. The zero-order valence-corrected chi connectivity index (χ0v) is 15.6. The lowest BCUT2D eigenvalue weighted by Gasteiger charge is -2.23. The summed E-state index contributed by atoms with van der Waals surface area (Å²) < 4.78 is 5.34. The van der Waals surface area contributed by atoms with Gasteiger partial charge in [0.1, 0.15) is 0 Å². The molecular formula is C20H28N4O2. The Morgan fingerprint density at radius 2 is 2.00 bits per heavy atom. The number of amides is 1. The average Bonchev–Trinajstić information content (AvgIpc) is 3.32. The molecule has 0 radical (unpaired) electrons. The van der Waals surface area contributed by atoms with Crippen molar-refractivity contribution in [3.8, 4) is 0 Å². The van der Waals surface area contributed by atoms with Crippen LogP contribution in [-0.2, 0) is 13.1 Å². The second-order valence-electron chi connectivity index (χ2n) is 7.14. The molecule has 1 N–H and O–H groups in total. The fourth-order valence-electron chi connectivity index (χ4n) is 3.35. The molecule has 2 aromatic rings. The molecule has 0 saturated carbocycles. The van der Waals surface area contributed by atoms with Crippen LogP contribution < -0.4 is 5.32 Å². The van der Waals surface area contributed by atoms with Crippen molar-refractivity contribution in [2.24, 2.45) is 0 Å². The van der Waals surface area contributed by atoms with E-state index in [0.717, 1.165) is 19.6 Å². The fraction of sp³-hybridized carbons (Fsp3) is 0.500. The molecule has 0 unspecified atom stereocenters. The summed E-state index contributed by atoms with van der Waals surface area (Å²) in [4.78, 5) is 16.8. The van der Waals surface area contributed by atoms with Gasteiger partial charge in [0, 0.05) is 25.2 Å². The van der Waals surface area contributed by atoms with Gasteiger partial charge in [0.05, 0.1) is 6.54 Å². The van der Waals surface area contributed by atoms with Crippen molar-refractivity contribution in [1.82, 2.24) is 20.3 Å². The summed E-state index contributed by atoms with van der Waals surface area (Å²) in [6.45, 7) is 6.46. The molecule has 6 heteroatoms. The van der Waals surface area contributed by atoms with Crippen molar-refractivity contribution < 1.29 is 9.32 Å². The monoisotopic (exact) mass is 356 g/mol. The van der Waals surface area contributed by atoms with Gasteiger partial charge in [-0.15, -0.1) is 0 Å². The molecule has 26 heavy (non-hydrogen) atoms. The van der Waals surface area contributed by atoms with E-state index in [1.165, 1.54) is 18.4 Å². The molecule has 3 rings (SSSR count). The smallest absolute Gasteiger partial charge is 0.273 e. The van der Waals surface area contributed by atoms with Gasteiger partial charge < -0.3 is 9.84 Å². The van der Waals surface area contributed by atoms with Gasteiger partial charge in [0.15, 0.2) is 11.5 Å². The molecule has 1 aromatic heterocycles. The minimum absolute atomic E-state index is 0.170. The van der Waals surface area contributed by atoms with Crippen LogP contribution >= 0.6 is 0 Å². The van der Waals surface area contributed by atoms with Crippen molar-refractivity contribution in [2.45, 2.75) is 38.9 Å². The van der Waals surface area contributed by atoms with Crippen molar-refractivity contribution in [3.05, 3.63) is 53.4 Å². The number of aromatic nitrogens is 1. The SMILES string of the molecule is C[C@@H](CNC(=O)c1cc(CN(C)Cc2ccccc2)on1)N1CCCC1. The number of nitrogens with zero attached hydrogens (tertiary/aromatic N) is 3. The van der Waals surface area contributed by atoms with E-state index >= 15 is 0 Å². The molecular weight excluding hydrogens is 328 g/mol. The maximum absolute atomic E-state index is 12.3. The number of carbonyl (C=O) groups is 1. The van der Waals surface area contributed by atoms with E-state index in [9.17, 15) is 4.79 Å². The highest BCUT2D eigenvalue weighted by molar-refractivity contribution is 5.92. The standard InChI is InChI=1S/C20H28N4O2/c1-16(24-10-6-7-11-24)13-21-20(25)19-12-18(26-22-19)15-23(2)14-17-8-4-3-5-9-17/h3-5,8-9,12,16H,6-7,10-11,13-15H2,1-2H3,(H,21,25)/t16-/m0/s1. The fourth-order valence-corrected chi connectivity index (χ4v) is 3.35. The maximum Gasteiger partial charge on any atom is 0.273 e. The zero-order valence-electron chi connectivity index (χ0n) is 15.6. The summed E-state index contributed by atoms with van der Waals surface area (Å²) in [6.07, 6.45) is 2.50. The van der Waals surface area contributed by atoms with Gasteiger partial charge in [-0.2, -0.15) is 0 Å². The maximum atomic E-state index is 12.3. The molecule has 0 aliphatic carbocycles. The van der Waals surface area contributed by atoms with Crippen LogP contribution in [0, 0.1) is 0 Å². The minimum Gasteiger partial charge on any atom is -0.359 e. The number of likely N-dealkylation sites (tertiary alicyclic amines) is 1. The Bertz CT molecular complexity index is 695. The minimum atomic E-state index is -0.170. The van der Waals surface area contributed by atoms with Crippen molar-refractivity contribution in [1.29, 1.82) is 0 Å². The number of nitrogens with one attached hydrogen (secondary N) is 1. The quantitative estimate of drug-likeness (QED) is 0.787. The second kappa shape index (κ2) is 8.96. The van der Waals surface area contributed by atoms with Gasteiger partial charge in [-0.05, 0) is 45.5 Å². The van der Waals surface area contributed by atoms with Gasteiger partial charge in [-0.1, -0.05) is 35.5 Å². The Balaban J connectivity index is 1.46. The predicted molar refractivity (Wildman–Crippen MR) is 101 cm³/mol. The lowest BCUT2D eigenvalue weighted by molar-refractivity contribution is 0.0931. The first-order chi connectivity index (χ1) is 12.6.